The van der Waals surface area contributed by atoms with E-state index in [0.717, 1.165) is 38.8 Å². The Morgan fingerprint density at radius 1 is 1.30 bits per heavy atom. The monoisotopic (exact) mass is 274 g/mol. The lowest BCUT2D eigenvalue weighted by molar-refractivity contribution is -0.137. The summed E-state index contributed by atoms with van der Waals surface area (Å²) in [6, 6.07) is 10.5. The van der Waals surface area contributed by atoms with E-state index < -0.39 is 0 Å². The number of rotatable bonds is 5. The number of benzene rings is 1. The second-order valence-corrected chi connectivity index (χ2v) is 6.03. The summed E-state index contributed by atoms with van der Waals surface area (Å²) in [5.74, 6) is 0.241. The average Bonchev–Trinajstić information content (AvgIpc) is 2.48. The summed E-state index contributed by atoms with van der Waals surface area (Å²) in [4.78, 5) is 14.4. The van der Waals surface area contributed by atoms with Gasteiger partial charge in [-0.05, 0) is 51.1 Å². The molecule has 1 N–H and O–H groups in total. The van der Waals surface area contributed by atoms with Crippen molar-refractivity contribution in [3.05, 3.63) is 35.9 Å². The molecule has 3 nitrogen and oxygen atoms in total. The SMILES string of the molecule is CN(CCCc1ccccc1)C(=O)C1(C)CCCCN1. The first-order valence-electron chi connectivity index (χ1n) is 7.66. The van der Waals surface area contributed by atoms with Crippen LogP contribution in [0.2, 0.25) is 0 Å². The fourth-order valence-corrected chi connectivity index (χ4v) is 2.93. The summed E-state index contributed by atoms with van der Waals surface area (Å²) in [6.07, 6.45) is 5.33. The van der Waals surface area contributed by atoms with Crippen molar-refractivity contribution in [3.8, 4) is 0 Å². The second kappa shape index (κ2) is 6.89. The summed E-state index contributed by atoms with van der Waals surface area (Å²) in [7, 11) is 1.93. The molecule has 1 aromatic rings. The minimum absolute atomic E-state index is 0.241. The van der Waals surface area contributed by atoms with Gasteiger partial charge in [-0.15, -0.1) is 0 Å². The molecule has 1 atom stereocenters. The Labute approximate surface area is 122 Å². The molecule has 0 radical (unpaired) electrons. The Kier molecular flexibility index (Phi) is 5.18. The average molecular weight is 274 g/mol. The molecular weight excluding hydrogens is 248 g/mol. The molecule has 1 heterocycles. The number of amides is 1. The fraction of sp³-hybridized carbons (Fsp3) is 0.588. The first-order chi connectivity index (χ1) is 9.62. The van der Waals surface area contributed by atoms with E-state index in [1.165, 1.54) is 12.0 Å². The molecule has 3 heteroatoms. The van der Waals surface area contributed by atoms with Gasteiger partial charge in [-0.2, -0.15) is 0 Å². The molecule has 20 heavy (non-hydrogen) atoms. The Hall–Kier alpha value is -1.35. The van der Waals surface area contributed by atoms with Crippen molar-refractivity contribution < 1.29 is 4.79 Å². The molecule has 0 bridgehead atoms. The van der Waals surface area contributed by atoms with Crippen LogP contribution in [0.3, 0.4) is 0 Å². The first kappa shape index (κ1) is 15.0. The fourth-order valence-electron chi connectivity index (χ4n) is 2.93. The highest BCUT2D eigenvalue weighted by atomic mass is 16.2. The number of carbonyl (C=O) groups excluding carboxylic acids is 1. The van der Waals surface area contributed by atoms with Crippen molar-refractivity contribution >= 4 is 5.91 Å². The quantitative estimate of drug-likeness (QED) is 0.895. The van der Waals surface area contributed by atoms with Crippen molar-refractivity contribution in [2.45, 2.75) is 44.6 Å². The number of hydrogen-bond donors (Lipinski definition) is 1. The van der Waals surface area contributed by atoms with Gasteiger partial charge in [0.05, 0.1) is 5.54 Å². The maximum atomic E-state index is 12.5. The van der Waals surface area contributed by atoms with Gasteiger partial charge in [0.1, 0.15) is 0 Å². The summed E-state index contributed by atoms with van der Waals surface area (Å²) in [6.45, 7) is 3.83. The topological polar surface area (TPSA) is 32.3 Å². The maximum Gasteiger partial charge on any atom is 0.242 e. The summed E-state index contributed by atoms with van der Waals surface area (Å²) in [5.41, 5.74) is 0.995. The predicted octanol–water partition coefficient (Wildman–Crippen LogP) is 2.61. The zero-order chi connectivity index (χ0) is 14.4. The van der Waals surface area contributed by atoms with E-state index in [1.807, 2.05) is 24.9 Å². The molecule has 0 aromatic heterocycles. The van der Waals surface area contributed by atoms with E-state index >= 15 is 0 Å². The van der Waals surface area contributed by atoms with Crippen molar-refractivity contribution in [1.82, 2.24) is 10.2 Å². The molecule has 1 aliphatic heterocycles. The Morgan fingerprint density at radius 3 is 2.70 bits per heavy atom. The maximum absolute atomic E-state index is 12.5. The molecule has 1 aromatic carbocycles. The molecule has 110 valence electrons. The third kappa shape index (κ3) is 3.83. The van der Waals surface area contributed by atoms with Gasteiger partial charge in [-0.3, -0.25) is 4.79 Å². The molecule has 1 saturated heterocycles. The van der Waals surface area contributed by atoms with Crippen LogP contribution in [-0.2, 0) is 11.2 Å². The van der Waals surface area contributed by atoms with E-state index in [1.54, 1.807) is 0 Å². The molecule has 1 amide bonds. The Balaban J connectivity index is 1.79. The normalized spacial score (nSPS) is 22.5. The van der Waals surface area contributed by atoms with Crippen molar-refractivity contribution in [2.75, 3.05) is 20.1 Å². The number of carbonyl (C=O) groups is 1. The molecule has 1 unspecified atom stereocenters. The van der Waals surface area contributed by atoms with Crippen LogP contribution in [0.15, 0.2) is 30.3 Å². The third-order valence-electron chi connectivity index (χ3n) is 4.24. The number of nitrogens with zero attached hydrogens (tertiary/aromatic N) is 1. The second-order valence-electron chi connectivity index (χ2n) is 6.03. The van der Waals surface area contributed by atoms with Gasteiger partial charge >= 0.3 is 0 Å². The largest absolute Gasteiger partial charge is 0.344 e. The van der Waals surface area contributed by atoms with Crippen LogP contribution in [0.5, 0.6) is 0 Å². The highest BCUT2D eigenvalue weighted by molar-refractivity contribution is 5.85. The van der Waals surface area contributed by atoms with Gasteiger partial charge in [-0.1, -0.05) is 30.3 Å². The van der Waals surface area contributed by atoms with Gasteiger partial charge in [0.2, 0.25) is 5.91 Å². The van der Waals surface area contributed by atoms with Crippen LogP contribution in [0.25, 0.3) is 0 Å². The van der Waals surface area contributed by atoms with Gasteiger partial charge in [0.15, 0.2) is 0 Å². The third-order valence-corrected chi connectivity index (χ3v) is 4.24. The van der Waals surface area contributed by atoms with E-state index in [9.17, 15) is 4.79 Å². The number of aryl methyl sites for hydroxylation is 1. The van der Waals surface area contributed by atoms with Crippen LogP contribution >= 0.6 is 0 Å². The first-order valence-corrected chi connectivity index (χ1v) is 7.66. The van der Waals surface area contributed by atoms with Crippen LogP contribution in [0.4, 0.5) is 0 Å². The summed E-state index contributed by atoms with van der Waals surface area (Å²) < 4.78 is 0. The number of piperidine rings is 1. The van der Waals surface area contributed by atoms with Crippen LogP contribution in [-0.4, -0.2) is 36.5 Å². The number of hydrogen-bond acceptors (Lipinski definition) is 2. The number of likely N-dealkylation sites (N-methyl/N-ethyl adjacent to an activating group) is 1. The number of nitrogens with one attached hydrogen (secondary N) is 1. The predicted molar refractivity (Wildman–Crippen MR) is 82.7 cm³/mol. The van der Waals surface area contributed by atoms with E-state index in [2.05, 4.69) is 29.6 Å². The molecule has 1 aliphatic rings. The Morgan fingerprint density at radius 2 is 2.05 bits per heavy atom. The van der Waals surface area contributed by atoms with E-state index in [4.69, 9.17) is 0 Å². The van der Waals surface area contributed by atoms with Crippen molar-refractivity contribution in [3.63, 3.8) is 0 Å². The molecule has 0 spiro atoms. The molecule has 2 rings (SSSR count). The van der Waals surface area contributed by atoms with Gasteiger partial charge in [-0.25, -0.2) is 0 Å². The molecule has 0 aliphatic carbocycles. The highest BCUT2D eigenvalue weighted by Crippen LogP contribution is 2.21. The minimum Gasteiger partial charge on any atom is -0.344 e. The lowest BCUT2D eigenvalue weighted by Crippen LogP contribution is -2.57. The van der Waals surface area contributed by atoms with Crippen LogP contribution < -0.4 is 5.32 Å². The minimum atomic E-state index is -0.347. The van der Waals surface area contributed by atoms with Gasteiger partial charge in [0, 0.05) is 13.6 Å². The van der Waals surface area contributed by atoms with E-state index in [-0.39, 0.29) is 11.4 Å². The standard InChI is InChI=1S/C17H26N2O/c1-17(12-6-7-13-18-17)16(20)19(2)14-8-11-15-9-4-3-5-10-15/h3-5,9-10,18H,6-8,11-14H2,1-2H3. The summed E-state index contributed by atoms with van der Waals surface area (Å²) >= 11 is 0. The van der Waals surface area contributed by atoms with Crippen LogP contribution in [0.1, 0.15) is 38.2 Å². The Bertz CT molecular complexity index is 424. The lowest BCUT2D eigenvalue weighted by atomic mass is 9.89. The van der Waals surface area contributed by atoms with Crippen molar-refractivity contribution in [2.24, 2.45) is 0 Å². The van der Waals surface area contributed by atoms with Crippen molar-refractivity contribution in [1.29, 1.82) is 0 Å². The molecule has 0 saturated carbocycles. The zero-order valence-electron chi connectivity index (χ0n) is 12.7. The smallest absolute Gasteiger partial charge is 0.242 e. The van der Waals surface area contributed by atoms with Gasteiger partial charge in [0.25, 0.3) is 0 Å². The molecule has 1 fully saturated rings. The van der Waals surface area contributed by atoms with Crippen LogP contribution in [0, 0.1) is 0 Å². The lowest BCUT2D eigenvalue weighted by Gasteiger charge is -2.36. The zero-order valence-corrected chi connectivity index (χ0v) is 12.7. The molecular formula is C17H26N2O. The van der Waals surface area contributed by atoms with E-state index in [0.29, 0.717) is 0 Å². The summed E-state index contributed by atoms with van der Waals surface area (Å²) in [5, 5.41) is 3.39. The highest BCUT2D eigenvalue weighted by Gasteiger charge is 2.35. The van der Waals surface area contributed by atoms with Gasteiger partial charge < -0.3 is 10.2 Å².